The van der Waals surface area contributed by atoms with E-state index in [1.165, 1.54) is 23.0 Å². The maximum Gasteiger partial charge on any atom is 0.255 e. The smallest absolute Gasteiger partial charge is 0.255 e. The normalized spacial score (nSPS) is 10.7. The Bertz CT molecular complexity index is 525. The lowest BCUT2D eigenvalue weighted by Crippen LogP contribution is -1.99. The molecule has 2 aromatic rings. The van der Waals surface area contributed by atoms with E-state index < -0.39 is 11.7 Å². The summed E-state index contributed by atoms with van der Waals surface area (Å²) >= 11 is 0. The molecule has 0 atom stereocenters. The molecule has 0 unspecified atom stereocenters. The van der Waals surface area contributed by atoms with Gasteiger partial charge in [-0.1, -0.05) is 0 Å². The monoisotopic (exact) mass is 223 g/mol. The Morgan fingerprint density at radius 1 is 1.44 bits per heavy atom. The Balaban J connectivity index is 2.54. The summed E-state index contributed by atoms with van der Waals surface area (Å²) in [6.45, 7) is -0.212. The molecule has 0 aliphatic heterocycles. The summed E-state index contributed by atoms with van der Waals surface area (Å²) in [5.41, 5.74) is 1.41. The van der Waals surface area contributed by atoms with Crippen LogP contribution in [0, 0.1) is 5.95 Å². The highest BCUT2D eigenvalue weighted by atomic mass is 19.1. The number of aliphatic hydroxyl groups excluding tert-OH is 1. The van der Waals surface area contributed by atoms with E-state index in [1.807, 2.05) is 0 Å². The van der Waals surface area contributed by atoms with E-state index in [1.54, 1.807) is 7.05 Å². The Morgan fingerprint density at radius 2 is 2.19 bits per heavy atom. The summed E-state index contributed by atoms with van der Waals surface area (Å²) in [7, 11) is 1.67. The SMILES string of the molecule is Cn1ncc(-c2ccc(O)c(F)n2)c1CO. The van der Waals surface area contributed by atoms with Gasteiger partial charge in [-0.15, -0.1) is 0 Å². The number of aromatic nitrogens is 3. The van der Waals surface area contributed by atoms with Crippen molar-refractivity contribution in [1.82, 2.24) is 14.8 Å². The molecule has 0 bridgehead atoms. The lowest BCUT2D eigenvalue weighted by molar-refractivity contribution is 0.271. The highest BCUT2D eigenvalue weighted by Crippen LogP contribution is 2.24. The zero-order valence-electron chi connectivity index (χ0n) is 8.55. The van der Waals surface area contributed by atoms with Crippen molar-refractivity contribution in [2.75, 3.05) is 0 Å². The largest absolute Gasteiger partial charge is 0.504 e. The molecule has 0 spiro atoms. The summed E-state index contributed by atoms with van der Waals surface area (Å²) in [5, 5.41) is 22.1. The van der Waals surface area contributed by atoms with Crippen LogP contribution in [0.3, 0.4) is 0 Å². The molecular weight excluding hydrogens is 213 g/mol. The van der Waals surface area contributed by atoms with Gasteiger partial charge in [0, 0.05) is 12.6 Å². The number of rotatable bonds is 2. The van der Waals surface area contributed by atoms with Crippen LogP contribution in [0.15, 0.2) is 18.3 Å². The average molecular weight is 223 g/mol. The summed E-state index contributed by atoms with van der Waals surface area (Å²) in [6, 6.07) is 2.68. The number of aliphatic hydroxyl groups is 1. The zero-order valence-corrected chi connectivity index (χ0v) is 8.55. The molecule has 0 amide bonds. The molecule has 5 nitrogen and oxygen atoms in total. The van der Waals surface area contributed by atoms with Crippen molar-refractivity contribution in [1.29, 1.82) is 0 Å². The van der Waals surface area contributed by atoms with E-state index in [0.717, 1.165) is 0 Å². The molecule has 0 aromatic carbocycles. The summed E-state index contributed by atoms with van der Waals surface area (Å²) in [5.74, 6) is -1.44. The predicted molar refractivity (Wildman–Crippen MR) is 54.0 cm³/mol. The molecule has 0 radical (unpaired) electrons. The lowest BCUT2D eigenvalue weighted by Gasteiger charge is -2.03. The second kappa shape index (κ2) is 3.90. The van der Waals surface area contributed by atoms with Crippen LogP contribution in [0.1, 0.15) is 5.69 Å². The third kappa shape index (κ3) is 1.63. The fraction of sp³-hybridized carbons (Fsp3) is 0.200. The average Bonchev–Trinajstić information content (AvgIpc) is 2.63. The first kappa shape index (κ1) is 10.6. The third-order valence-corrected chi connectivity index (χ3v) is 2.32. The Hall–Kier alpha value is -1.95. The van der Waals surface area contributed by atoms with Crippen LogP contribution >= 0.6 is 0 Å². The minimum Gasteiger partial charge on any atom is -0.504 e. The van der Waals surface area contributed by atoms with Gasteiger partial charge < -0.3 is 10.2 Å². The number of aryl methyl sites for hydroxylation is 1. The molecule has 0 saturated heterocycles. The van der Waals surface area contributed by atoms with Gasteiger partial charge in [-0.3, -0.25) is 4.68 Å². The van der Waals surface area contributed by atoms with Crippen LogP contribution in [-0.4, -0.2) is 25.0 Å². The quantitative estimate of drug-likeness (QED) is 0.739. The molecule has 0 fully saturated rings. The molecule has 6 heteroatoms. The van der Waals surface area contributed by atoms with Gasteiger partial charge in [0.05, 0.1) is 24.2 Å². The zero-order chi connectivity index (χ0) is 11.7. The van der Waals surface area contributed by atoms with Gasteiger partial charge in [-0.25, -0.2) is 4.98 Å². The second-order valence-corrected chi connectivity index (χ2v) is 3.29. The standard InChI is InChI=1S/C10H10FN3O2/c1-14-8(5-15)6(4-12-14)7-2-3-9(16)10(11)13-7/h2-4,15-16H,5H2,1H3. The van der Waals surface area contributed by atoms with E-state index >= 15 is 0 Å². The molecule has 84 valence electrons. The fourth-order valence-corrected chi connectivity index (χ4v) is 1.44. The number of halogens is 1. The third-order valence-electron chi connectivity index (χ3n) is 2.32. The summed E-state index contributed by atoms with van der Waals surface area (Å²) in [4.78, 5) is 3.58. The number of hydrogen-bond donors (Lipinski definition) is 2. The van der Waals surface area contributed by atoms with Crippen molar-refractivity contribution in [3.05, 3.63) is 30.0 Å². The summed E-state index contributed by atoms with van der Waals surface area (Å²) < 4.78 is 14.5. The first-order chi connectivity index (χ1) is 7.63. The molecule has 2 rings (SSSR count). The van der Waals surface area contributed by atoms with Crippen molar-refractivity contribution < 1.29 is 14.6 Å². The highest BCUT2D eigenvalue weighted by molar-refractivity contribution is 5.61. The highest BCUT2D eigenvalue weighted by Gasteiger charge is 2.12. The first-order valence-corrected chi connectivity index (χ1v) is 4.61. The van der Waals surface area contributed by atoms with E-state index in [9.17, 15) is 4.39 Å². The van der Waals surface area contributed by atoms with Gasteiger partial charge in [0.15, 0.2) is 5.75 Å². The topological polar surface area (TPSA) is 71.2 Å². The van der Waals surface area contributed by atoms with Crippen LogP contribution in [0.2, 0.25) is 0 Å². The number of hydrogen-bond acceptors (Lipinski definition) is 4. The van der Waals surface area contributed by atoms with Crippen LogP contribution in [0.25, 0.3) is 11.3 Å². The number of pyridine rings is 1. The number of nitrogens with zero attached hydrogens (tertiary/aromatic N) is 3. The molecule has 2 N–H and O–H groups in total. The van der Waals surface area contributed by atoms with Crippen molar-refractivity contribution in [3.63, 3.8) is 0 Å². The Kier molecular flexibility index (Phi) is 2.57. The molecule has 2 heterocycles. The van der Waals surface area contributed by atoms with Crippen LogP contribution in [-0.2, 0) is 13.7 Å². The van der Waals surface area contributed by atoms with E-state index in [4.69, 9.17) is 10.2 Å². The van der Waals surface area contributed by atoms with Crippen LogP contribution in [0.4, 0.5) is 4.39 Å². The van der Waals surface area contributed by atoms with Gasteiger partial charge >= 0.3 is 0 Å². The van der Waals surface area contributed by atoms with E-state index in [0.29, 0.717) is 17.0 Å². The number of aromatic hydroxyl groups is 1. The summed E-state index contributed by atoms with van der Waals surface area (Å²) in [6.07, 6.45) is 1.49. The molecule has 0 aliphatic rings. The molecule has 16 heavy (non-hydrogen) atoms. The Morgan fingerprint density at radius 3 is 2.81 bits per heavy atom. The lowest BCUT2D eigenvalue weighted by atomic mass is 10.1. The first-order valence-electron chi connectivity index (χ1n) is 4.61. The predicted octanol–water partition coefficient (Wildman–Crippen LogP) is 0.819. The van der Waals surface area contributed by atoms with Crippen LogP contribution < -0.4 is 0 Å². The Labute approximate surface area is 90.8 Å². The minimum absolute atomic E-state index is 0.212. The second-order valence-electron chi connectivity index (χ2n) is 3.29. The maximum atomic E-state index is 13.1. The van der Waals surface area contributed by atoms with Gasteiger partial charge in [0.2, 0.25) is 0 Å². The van der Waals surface area contributed by atoms with E-state index in [-0.39, 0.29) is 6.61 Å². The van der Waals surface area contributed by atoms with Crippen molar-refractivity contribution in [2.45, 2.75) is 6.61 Å². The maximum absolute atomic E-state index is 13.1. The van der Waals surface area contributed by atoms with Gasteiger partial charge in [0.25, 0.3) is 5.95 Å². The van der Waals surface area contributed by atoms with Crippen molar-refractivity contribution in [2.24, 2.45) is 7.05 Å². The van der Waals surface area contributed by atoms with Gasteiger partial charge in [-0.05, 0) is 12.1 Å². The molecule has 0 aliphatic carbocycles. The van der Waals surface area contributed by atoms with Crippen molar-refractivity contribution in [3.8, 4) is 17.0 Å². The molecule has 0 saturated carbocycles. The minimum atomic E-state index is -0.940. The molecule has 2 aromatic heterocycles. The molecular formula is C10H10FN3O2. The van der Waals surface area contributed by atoms with Crippen LogP contribution in [0.5, 0.6) is 5.75 Å². The van der Waals surface area contributed by atoms with Gasteiger partial charge in [-0.2, -0.15) is 9.49 Å². The van der Waals surface area contributed by atoms with Crippen molar-refractivity contribution >= 4 is 0 Å². The van der Waals surface area contributed by atoms with E-state index in [2.05, 4.69) is 10.1 Å². The van der Waals surface area contributed by atoms with Gasteiger partial charge in [0.1, 0.15) is 0 Å². The fourth-order valence-electron chi connectivity index (χ4n) is 1.44.